The molecule has 1 aromatic carbocycles. The highest BCUT2D eigenvalue weighted by Gasteiger charge is 2.31. The Morgan fingerprint density at radius 3 is 2.85 bits per heavy atom. The number of ether oxygens (including phenoxy) is 1. The summed E-state index contributed by atoms with van der Waals surface area (Å²) in [6.45, 7) is 0.757. The average Bonchev–Trinajstić information content (AvgIpc) is 2.98. The second-order valence-electron chi connectivity index (χ2n) is 5.13. The summed E-state index contributed by atoms with van der Waals surface area (Å²) in [5.41, 5.74) is 0.438. The van der Waals surface area contributed by atoms with Crippen molar-refractivity contribution in [1.29, 1.82) is 0 Å². The highest BCUT2D eigenvalue weighted by Crippen LogP contribution is 2.31. The van der Waals surface area contributed by atoms with Gasteiger partial charge in [0.15, 0.2) is 0 Å². The molecule has 0 unspecified atom stereocenters. The molecule has 20 heavy (non-hydrogen) atoms. The molecule has 2 aromatic rings. The second kappa shape index (κ2) is 4.77. The Balaban J connectivity index is 1.96. The van der Waals surface area contributed by atoms with Gasteiger partial charge >= 0.3 is 6.18 Å². The summed E-state index contributed by atoms with van der Waals surface area (Å²) in [5, 5.41) is 0. The number of hydrogen-bond donors (Lipinski definition) is 0. The van der Waals surface area contributed by atoms with Crippen LogP contribution in [0.1, 0.15) is 24.2 Å². The lowest BCUT2D eigenvalue weighted by Crippen LogP contribution is -2.12. The van der Waals surface area contributed by atoms with Crippen LogP contribution in [-0.2, 0) is 24.4 Å². The number of alkyl halides is 3. The molecule has 1 aliphatic heterocycles. The van der Waals surface area contributed by atoms with Crippen LogP contribution in [0.25, 0.3) is 11.0 Å². The third kappa shape index (κ3) is 2.40. The first kappa shape index (κ1) is 13.4. The van der Waals surface area contributed by atoms with E-state index in [0.717, 1.165) is 37.4 Å². The standard InChI is InChI=1S/C14H15F3N2O/c1-19-12-5-4-9(14(15,16)17)7-11(12)18-13(19)8-10-3-2-6-20-10/h4-5,7,10H,2-3,6,8H2,1H3/t10-/m1/s1. The minimum atomic E-state index is -4.33. The largest absolute Gasteiger partial charge is 0.416 e. The Bertz CT molecular complexity index is 627. The molecule has 1 aromatic heterocycles. The van der Waals surface area contributed by atoms with Crippen molar-refractivity contribution in [2.45, 2.75) is 31.5 Å². The summed E-state index contributed by atoms with van der Waals surface area (Å²) in [5.74, 6) is 0.770. The molecule has 0 spiro atoms. The summed E-state index contributed by atoms with van der Waals surface area (Å²) < 4.78 is 45.5. The molecule has 0 bridgehead atoms. The topological polar surface area (TPSA) is 27.1 Å². The lowest BCUT2D eigenvalue weighted by atomic mass is 10.2. The maximum atomic E-state index is 12.7. The fraction of sp³-hybridized carbons (Fsp3) is 0.500. The smallest absolute Gasteiger partial charge is 0.378 e. The zero-order chi connectivity index (χ0) is 14.3. The van der Waals surface area contributed by atoms with Crippen molar-refractivity contribution in [3.05, 3.63) is 29.6 Å². The zero-order valence-electron chi connectivity index (χ0n) is 11.1. The molecule has 0 saturated carbocycles. The molecule has 3 nitrogen and oxygen atoms in total. The Kier molecular flexibility index (Phi) is 3.20. The highest BCUT2D eigenvalue weighted by molar-refractivity contribution is 5.77. The lowest BCUT2D eigenvalue weighted by molar-refractivity contribution is -0.137. The Hall–Kier alpha value is -1.56. The van der Waals surface area contributed by atoms with E-state index in [4.69, 9.17) is 4.74 Å². The quantitative estimate of drug-likeness (QED) is 0.846. The van der Waals surface area contributed by atoms with Gasteiger partial charge in [0.2, 0.25) is 0 Å². The number of aromatic nitrogens is 2. The SMILES string of the molecule is Cn1c(C[C@H]2CCCO2)nc2cc(C(F)(F)F)ccc21. The van der Waals surface area contributed by atoms with Gasteiger partial charge in [-0.3, -0.25) is 0 Å². The van der Waals surface area contributed by atoms with Crippen molar-refractivity contribution in [1.82, 2.24) is 9.55 Å². The molecule has 0 aliphatic carbocycles. The Morgan fingerprint density at radius 2 is 2.20 bits per heavy atom. The molecule has 2 heterocycles. The maximum Gasteiger partial charge on any atom is 0.416 e. The van der Waals surface area contributed by atoms with Crippen molar-refractivity contribution in [3.63, 3.8) is 0 Å². The number of rotatable bonds is 2. The third-order valence-electron chi connectivity index (χ3n) is 3.74. The molecule has 0 radical (unpaired) electrons. The average molecular weight is 284 g/mol. The van der Waals surface area contributed by atoms with Crippen LogP contribution in [0.3, 0.4) is 0 Å². The third-order valence-corrected chi connectivity index (χ3v) is 3.74. The van der Waals surface area contributed by atoms with E-state index in [1.807, 2.05) is 11.6 Å². The van der Waals surface area contributed by atoms with Crippen LogP contribution in [0.2, 0.25) is 0 Å². The normalized spacial score (nSPS) is 19.9. The summed E-state index contributed by atoms with van der Waals surface area (Å²) in [6.07, 6.45) is -1.54. The van der Waals surface area contributed by atoms with Crippen LogP contribution in [-0.4, -0.2) is 22.3 Å². The monoisotopic (exact) mass is 284 g/mol. The number of halogens is 3. The number of benzene rings is 1. The zero-order valence-corrected chi connectivity index (χ0v) is 11.1. The van der Waals surface area contributed by atoms with Crippen LogP contribution < -0.4 is 0 Å². The molecule has 6 heteroatoms. The van der Waals surface area contributed by atoms with E-state index in [-0.39, 0.29) is 6.10 Å². The summed E-state index contributed by atoms with van der Waals surface area (Å²) in [7, 11) is 1.83. The van der Waals surface area contributed by atoms with Gasteiger partial charge in [0.25, 0.3) is 0 Å². The number of fused-ring (bicyclic) bond motifs is 1. The minimum absolute atomic E-state index is 0.132. The van der Waals surface area contributed by atoms with Crippen molar-refractivity contribution >= 4 is 11.0 Å². The summed E-state index contributed by atoms with van der Waals surface area (Å²) >= 11 is 0. The van der Waals surface area contributed by atoms with Gasteiger partial charge in [0.05, 0.1) is 22.7 Å². The van der Waals surface area contributed by atoms with Crippen LogP contribution in [0.15, 0.2) is 18.2 Å². The summed E-state index contributed by atoms with van der Waals surface area (Å²) in [6, 6.07) is 3.68. The van der Waals surface area contributed by atoms with Crippen molar-refractivity contribution < 1.29 is 17.9 Å². The van der Waals surface area contributed by atoms with Crippen LogP contribution >= 0.6 is 0 Å². The Labute approximate surface area is 114 Å². The van der Waals surface area contributed by atoms with Gasteiger partial charge in [-0.05, 0) is 31.0 Å². The predicted octanol–water partition coefficient (Wildman–Crippen LogP) is 3.31. The maximum absolute atomic E-state index is 12.7. The molecule has 3 rings (SSSR count). The van der Waals surface area contributed by atoms with Gasteiger partial charge in [-0.25, -0.2) is 4.98 Å². The van der Waals surface area contributed by atoms with Crippen LogP contribution in [0, 0.1) is 0 Å². The molecule has 1 saturated heterocycles. The molecule has 108 valence electrons. The highest BCUT2D eigenvalue weighted by atomic mass is 19.4. The van der Waals surface area contributed by atoms with Crippen LogP contribution in [0.4, 0.5) is 13.2 Å². The van der Waals surface area contributed by atoms with Gasteiger partial charge in [-0.1, -0.05) is 0 Å². The molecular weight excluding hydrogens is 269 g/mol. The number of nitrogens with zero attached hydrogens (tertiary/aromatic N) is 2. The van der Waals surface area contributed by atoms with E-state index in [1.54, 1.807) is 0 Å². The van der Waals surface area contributed by atoms with Crippen LogP contribution in [0.5, 0.6) is 0 Å². The number of hydrogen-bond acceptors (Lipinski definition) is 2. The predicted molar refractivity (Wildman–Crippen MR) is 68.4 cm³/mol. The van der Waals surface area contributed by atoms with E-state index in [1.165, 1.54) is 6.07 Å². The summed E-state index contributed by atoms with van der Waals surface area (Å²) in [4.78, 5) is 4.33. The van der Waals surface area contributed by atoms with E-state index in [0.29, 0.717) is 17.5 Å². The number of aryl methyl sites for hydroxylation is 1. The fourth-order valence-electron chi connectivity index (χ4n) is 2.62. The molecule has 0 amide bonds. The fourth-order valence-corrected chi connectivity index (χ4v) is 2.62. The van der Waals surface area contributed by atoms with Crippen molar-refractivity contribution in [2.24, 2.45) is 7.05 Å². The molecule has 1 fully saturated rings. The molecule has 1 atom stereocenters. The van der Waals surface area contributed by atoms with E-state index in [9.17, 15) is 13.2 Å². The first-order valence-electron chi connectivity index (χ1n) is 6.59. The van der Waals surface area contributed by atoms with Crippen molar-refractivity contribution in [3.8, 4) is 0 Å². The van der Waals surface area contributed by atoms with E-state index in [2.05, 4.69) is 4.98 Å². The van der Waals surface area contributed by atoms with Gasteiger partial charge in [-0.15, -0.1) is 0 Å². The lowest BCUT2D eigenvalue weighted by Gasteiger charge is -2.08. The van der Waals surface area contributed by atoms with Gasteiger partial charge in [0.1, 0.15) is 5.82 Å². The first-order chi connectivity index (χ1) is 9.45. The van der Waals surface area contributed by atoms with E-state index < -0.39 is 11.7 Å². The first-order valence-corrected chi connectivity index (χ1v) is 6.59. The van der Waals surface area contributed by atoms with Gasteiger partial charge < -0.3 is 9.30 Å². The number of imidazole rings is 1. The van der Waals surface area contributed by atoms with Gasteiger partial charge in [0, 0.05) is 20.1 Å². The molecule has 1 aliphatic rings. The Morgan fingerprint density at radius 1 is 1.40 bits per heavy atom. The molecular formula is C14H15F3N2O. The second-order valence-corrected chi connectivity index (χ2v) is 5.13. The van der Waals surface area contributed by atoms with Gasteiger partial charge in [-0.2, -0.15) is 13.2 Å². The minimum Gasteiger partial charge on any atom is -0.378 e. The molecule has 0 N–H and O–H groups in total. The van der Waals surface area contributed by atoms with Crippen molar-refractivity contribution in [2.75, 3.05) is 6.61 Å². The van der Waals surface area contributed by atoms with E-state index >= 15 is 0 Å².